The van der Waals surface area contributed by atoms with Gasteiger partial charge in [0.1, 0.15) is 11.9 Å². The first-order chi connectivity index (χ1) is 17.8. The highest BCUT2D eigenvalue weighted by Crippen LogP contribution is 2.25. The van der Waals surface area contributed by atoms with Crippen molar-refractivity contribution in [2.24, 2.45) is 0 Å². The number of carbonyl (C=O) groups is 2. The van der Waals surface area contributed by atoms with E-state index in [-0.39, 0.29) is 35.9 Å². The summed E-state index contributed by atoms with van der Waals surface area (Å²) in [7, 11) is 0. The van der Waals surface area contributed by atoms with Crippen molar-refractivity contribution >= 4 is 51.1 Å². The molecule has 3 aromatic carbocycles. The van der Waals surface area contributed by atoms with Crippen LogP contribution in [0.2, 0.25) is 5.02 Å². The van der Waals surface area contributed by atoms with E-state index in [0.717, 1.165) is 22.0 Å². The lowest BCUT2D eigenvalue weighted by atomic mass is 10.0. The average Bonchev–Trinajstić information content (AvgIpc) is 2.88. The van der Waals surface area contributed by atoms with Gasteiger partial charge in [-0.3, -0.25) is 9.59 Å². The fourth-order valence-corrected chi connectivity index (χ4v) is 5.52. The zero-order valence-corrected chi connectivity index (χ0v) is 24.1. The minimum absolute atomic E-state index is 0.0221. The summed E-state index contributed by atoms with van der Waals surface area (Å²) in [5.74, 6) is -0.444. The van der Waals surface area contributed by atoms with Crippen LogP contribution in [-0.4, -0.2) is 34.6 Å². The first-order valence-corrected chi connectivity index (χ1v) is 14.5. The van der Waals surface area contributed by atoms with Crippen LogP contribution in [0.1, 0.15) is 37.0 Å². The molecular weight excluding hydrogens is 575 g/mol. The molecule has 3 aromatic rings. The fourth-order valence-electron chi connectivity index (χ4n) is 3.82. The number of hydrogen-bond acceptors (Lipinski definition) is 3. The van der Waals surface area contributed by atoms with Gasteiger partial charge >= 0.3 is 0 Å². The molecule has 0 aliphatic heterocycles. The van der Waals surface area contributed by atoms with Crippen LogP contribution in [0.3, 0.4) is 0 Å². The average molecular weight is 606 g/mol. The van der Waals surface area contributed by atoms with Crippen molar-refractivity contribution in [1.29, 1.82) is 0 Å². The highest BCUT2D eigenvalue weighted by atomic mass is 79.9. The zero-order chi connectivity index (χ0) is 26.8. The van der Waals surface area contributed by atoms with E-state index in [1.54, 1.807) is 17.0 Å². The molecule has 0 aliphatic rings. The summed E-state index contributed by atoms with van der Waals surface area (Å²) in [6, 6.07) is 21.2. The van der Waals surface area contributed by atoms with E-state index in [9.17, 15) is 14.0 Å². The second-order valence-corrected chi connectivity index (χ2v) is 11.2. The Morgan fingerprint density at radius 1 is 1.05 bits per heavy atom. The number of nitrogens with one attached hydrogen (secondary N) is 1. The third-order valence-electron chi connectivity index (χ3n) is 6.05. The van der Waals surface area contributed by atoms with Gasteiger partial charge in [-0.05, 0) is 48.7 Å². The van der Waals surface area contributed by atoms with Gasteiger partial charge in [-0.15, -0.1) is 11.8 Å². The van der Waals surface area contributed by atoms with Crippen LogP contribution in [0.25, 0.3) is 0 Å². The van der Waals surface area contributed by atoms with Crippen molar-refractivity contribution in [2.75, 3.05) is 5.75 Å². The van der Waals surface area contributed by atoms with Crippen molar-refractivity contribution in [3.63, 3.8) is 0 Å². The molecule has 196 valence electrons. The first-order valence-electron chi connectivity index (χ1n) is 12.2. The second kappa shape index (κ2) is 14.6. The Kier molecular flexibility index (Phi) is 11.5. The SMILES string of the molecule is CCC(C)NC(=O)C(Cc1ccccc1)N(Cc1cccc(Br)c1)C(=O)CSCc1c(F)cccc1Cl. The summed E-state index contributed by atoms with van der Waals surface area (Å²) < 4.78 is 15.1. The maximum atomic E-state index is 14.2. The standard InChI is InChI=1S/C29H31BrClFN2O2S/c1-3-20(2)33-29(36)27(16-21-9-5-4-6-10-21)34(17-22-11-7-12-23(30)15-22)28(35)19-37-18-24-25(31)13-8-14-26(24)32/h4-15,20,27H,3,16-19H2,1-2H3,(H,33,36). The van der Waals surface area contributed by atoms with E-state index in [0.29, 0.717) is 17.0 Å². The molecule has 0 saturated carbocycles. The van der Waals surface area contributed by atoms with Gasteiger partial charge in [0.15, 0.2) is 0 Å². The Morgan fingerprint density at radius 2 is 1.76 bits per heavy atom. The number of halogens is 3. The first kappa shape index (κ1) is 29.2. The van der Waals surface area contributed by atoms with Crippen LogP contribution in [0.15, 0.2) is 77.3 Å². The smallest absolute Gasteiger partial charge is 0.243 e. The van der Waals surface area contributed by atoms with Gasteiger partial charge in [0.2, 0.25) is 11.8 Å². The number of thioether (sulfide) groups is 1. The minimum atomic E-state index is -0.708. The Hall–Kier alpha value is -2.35. The molecule has 0 spiro atoms. The normalized spacial score (nSPS) is 12.6. The summed E-state index contributed by atoms with van der Waals surface area (Å²) in [5.41, 5.74) is 2.24. The van der Waals surface area contributed by atoms with Gasteiger partial charge < -0.3 is 10.2 Å². The van der Waals surface area contributed by atoms with Crippen molar-refractivity contribution in [3.05, 3.63) is 105 Å². The molecule has 0 aliphatic carbocycles. The molecule has 4 nitrogen and oxygen atoms in total. The molecule has 3 rings (SSSR count). The van der Waals surface area contributed by atoms with Crippen LogP contribution in [-0.2, 0) is 28.3 Å². The molecule has 37 heavy (non-hydrogen) atoms. The molecule has 1 N–H and O–H groups in total. The maximum Gasteiger partial charge on any atom is 0.243 e. The van der Waals surface area contributed by atoms with Crippen molar-refractivity contribution in [2.45, 2.75) is 51.1 Å². The lowest BCUT2D eigenvalue weighted by Gasteiger charge is -2.32. The maximum absolute atomic E-state index is 14.2. The van der Waals surface area contributed by atoms with Crippen LogP contribution in [0, 0.1) is 5.82 Å². The van der Waals surface area contributed by atoms with Crippen molar-refractivity contribution in [1.82, 2.24) is 10.2 Å². The number of nitrogens with zero attached hydrogens (tertiary/aromatic N) is 1. The monoisotopic (exact) mass is 604 g/mol. The molecule has 2 atom stereocenters. The highest BCUT2D eigenvalue weighted by Gasteiger charge is 2.31. The van der Waals surface area contributed by atoms with E-state index < -0.39 is 11.9 Å². The summed E-state index contributed by atoms with van der Waals surface area (Å²) in [6.45, 7) is 4.22. The third-order valence-corrected chi connectivity index (χ3v) is 7.84. The highest BCUT2D eigenvalue weighted by molar-refractivity contribution is 9.10. The van der Waals surface area contributed by atoms with Gasteiger partial charge in [0.25, 0.3) is 0 Å². The molecule has 0 heterocycles. The van der Waals surface area contributed by atoms with Crippen molar-refractivity contribution < 1.29 is 14.0 Å². The number of rotatable bonds is 12. The molecular formula is C29H31BrClFN2O2S. The lowest BCUT2D eigenvalue weighted by Crippen LogP contribution is -2.52. The van der Waals surface area contributed by atoms with E-state index in [1.807, 2.05) is 68.4 Å². The molecule has 2 unspecified atom stereocenters. The van der Waals surface area contributed by atoms with Crippen LogP contribution >= 0.6 is 39.3 Å². The Morgan fingerprint density at radius 3 is 2.43 bits per heavy atom. The van der Waals surface area contributed by atoms with E-state index in [1.165, 1.54) is 17.8 Å². The topological polar surface area (TPSA) is 49.4 Å². The third kappa shape index (κ3) is 8.87. The predicted octanol–water partition coefficient (Wildman–Crippen LogP) is 7.03. The number of amides is 2. The molecule has 0 bridgehead atoms. The summed E-state index contributed by atoms with van der Waals surface area (Å²) in [5, 5.41) is 3.40. The second-order valence-electron chi connectivity index (χ2n) is 8.87. The van der Waals surface area contributed by atoms with Gasteiger partial charge in [-0.1, -0.05) is 83.0 Å². The lowest BCUT2D eigenvalue weighted by molar-refractivity contribution is -0.139. The predicted molar refractivity (Wildman–Crippen MR) is 154 cm³/mol. The van der Waals surface area contributed by atoms with E-state index >= 15 is 0 Å². The van der Waals surface area contributed by atoms with Crippen molar-refractivity contribution in [3.8, 4) is 0 Å². The largest absolute Gasteiger partial charge is 0.352 e. The zero-order valence-electron chi connectivity index (χ0n) is 20.9. The Bertz CT molecular complexity index is 1180. The van der Waals surface area contributed by atoms with Gasteiger partial charge in [-0.25, -0.2) is 4.39 Å². The summed E-state index contributed by atoms with van der Waals surface area (Å²) in [6.07, 6.45) is 1.16. The molecule has 2 amide bonds. The van der Waals surface area contributed by atoms with E-state index in [2.05, 4.69) is 21.2 Å². The van der Waals surface area contributed by atoms with Crippen LogP contribution in [0.5, 0.6) is 0 Å². The number of carbonyl (C=O) groups excluding carboxylic acids is 2. The number of benzene rings is 3. The van der Waals surface area contributed by atoms with Gasteiger partial charge in [0, 0.05) is 39.8 Å². The van der Waals surface area contributed by atoms with Crippen LogP contribution in [0.4, 0.5) is 4.39 Å². The van der Waals surface area contributed by atoms with E-state index in [4.69, 9.17) is 11.6 Å². The quantitative estimate of drug-likeness (QED) is 0.241. The molecule has 0 fully saturated rings. The molecule has 0 saturated heterocycles. The van der Waals surface area contributed by atoms with Gasteiger partial charge in [0.05, 0.1) is 5.75 Å². The Labute approximate surface area is 236 Å². The van der Waals surface area contributed by atoms with Gasteiger partial charge in [-0.2, -0.15) is 0 Å². The summed E-state index contributed by atoms with van der Waals surface area (Å²) >= 11 is 10.9. The van der Waals surface area contributed by atoms with Crippen LogP contribution < -0.4 is 5.32 Å². The summed E-state index contributed by atoms with van der Waals surface area (Å²) in [4.78, 5) is 28.8. The minimum Gasteiger partial charge on any atom is -0.352 e. The Balaban J connectivity index is 1.88. The fraction of sp³-hybridized carbons (Fsp3) is 0.310. The molecule has 0 aromatic heterocycles. The molecule has 0 radical (unpaired) electrons. The molecule has 8 heteroatoms. The number of hydrogen-bond donors (Lipinski definition) is 1.